The SMILES string of the molecule is CCOP(=O)(OCC)[C@]1(SC)SC[C@H]2C(=O)N(c3ccccc3)C(=O)[C@H]21. The van der Waals surface area contributed by atoms with Gasteiger partial charge in [0.15, 0.2) is 3.82 Å². The smallest absolute Gasteiger partial charge is 0.307 e. The van der Waals surface area contributed by atoms with E-state index < -0.39 is 23.3 Å². The molecule has 0 N–H and O–H groups in total. The lowest BCUT2D eigenvalue weighted by Crippen LogP contribution is -2.38. The van der Waals surface area contributed by atoms with E-state index in [0.717, 1.165) is 0 Å². The van der Waals surface area contributed by atoms with E-state index in [0.29, 0.717) is 11.4 Å². The highest BCUT2D eigenvalue weighted by Crippen LogP contribution is 2.76. The number of imide groups is 1. The van der Waals surface area contributed by atoms with Crippen LogP contribution >= 0.6 is 31.1 Å². The molecular formula is C17H22NO5PS2. The van der Waals surface area contributed by atoms with Crippen molar-refractivity contribution in [1.29, 1.82) is 0 Å². The van der Waals surface area contributed by atoms with Crippen molar-refractivity contribution in [1.82, 2.24) is 0 Å². The Hall–Kier alpha value is -0.790. The van der Waals surface area contributed by atoms with E-state index >= 15 is 0 Å². The Kier molecular flexibility index (Phi) is 5.89. The summed E-state index contributed by atoms with van der Waals surface area (Å²) in [5.74, 6) is -1.41. The van der Waals surface area contributed by atoms with Gasteiger partial charge in [-0.05, 0) is 32.2 Å². The number of carbonyl (C=O) groups is 2. The van der Waals surface area contributed by atoms with E-state index in [1.54, 1.807) is 44.4 Å². The number of amides is 2. The summed E-state index contributed by atoms with van der Waals surface area (Å²) >= 11 is 2.65. The zero-order chi connectivity index (χ0) is 18.9. The molecule has 2 saturated heterocycles. The molecule has 2 aliphatic rings. The highest BCUT2D eigenvalue weighted by atomic mass is 32.2. The molecule has 26 heavy (non-hydrogen) atoms. The van der Waals surface area contributed by atoms with E-state index in [-0.39, 0.29) is 25.0 Å². The topological polar surface area (TPSA) is 72.9 Å². The van der Waals surface area contributed by atoms with Crippen LogP contribution in [0.15, 0.2) is 30.3 Å². The molecule has 1 aromatic carbocycles. The van der Waals surface area contributed by atoms with Gasteiger partial charge in [-0.1, -0.05) is 18.2 Å². The molecule has 6 nitrogen and oxygen atoms in total. The third-order valence-corrected chi connectivity index (χ3v) is 12.0. The zero-order valence-electron chi connectivity index (χ0n) is 14.9. The third kappa shape index (κ3) is 2.87. The lowest BCUT2D eigenvalue weighted by molar-refractivity contribution is -0.122. The first kappa shape index (κ1) is 20.0. The predicted molar refractivity (Wildman–Crippen MR) is 105 cm³/mol. The fourth-order valence-electron chi connectivity index (χ4n) is 3.54. The van der Waals surface area contributed by atoms with Gasteiger partial charge in [-0.3, -0.25) is 14.2 Å². The minimum Gasteiger partial charge on any atom is -0.307 e. The summed E-state index contributed by atoms with van der Waals surface area (Å²) in [6, 6.07) is 8.86. The van der Waals surface area contributed by atoms with Gasteiger partial charge in [0.1, 0.15) is 0 Å². The second-order valence-electron chi connectivity index (χ2n) is 5.91. The monoisotopic (exact) mass is 415 g/mol. The number of nitrogens with zero attached hydrogens (tertiary/aromatic N) is 1. The van der Waals surface area contributed by atoms with Gasteiger partial charge in [-0.15, -0.1) is 23.5 Å². The van der Waals surface area contributed by atoms with E-state index in [9.17, 15) is 14.2 Å². The third-order valence-electron chi connectivity index (χ3n) is 4.58. The molecule has 9 heteroatoms. The van der Waals surface area contributed by atoms with Crippen molar-refractivity contribution in [3.8, 4) is 0 Å². The number of carbonyl (C=O) groups excluding carboxylic acids is 2. The van der Waals surface area contributed by atoms with Crippen molar-refractivity contribution in [3.05, 3.63) is 30.3 Å². The largest absolute Gasteiger partial charge is 0.357 e. The van der Waals surface area contributed by atoms with Gasteiger partial charge in [0, 0.05) is 5.75 Å². The molecule has 0 bridgehead atoms. The fraction of sp³-hybridized carbons (Fsp3) is 0.529. The number of thioether (sulfide) groups is 2. The van der Waals surface area contributed by atoms with Gasteiger partial charge in [-0.25, -0.2) is 4.90 Å². The molecule has 2 amide bonds. The first-order valence-corrected chi connectivity index (χ1v) is 12.2. The number of anilines is 1. The first-order chi connectivity index (χ1) is 12.5. The van der Waals surface area contributed by atoms with Crippen molar-refractivity contribution in [3.63, 3.8) is 0 Å². The molecule has 1 aromatic rings. The van der Waals surface area contributed by atoms with E-state index in [2.05, 4.69) is 0 Å². The highest BCUT2D eigenvalue weighted by Gasteiger charge is 2.70. The quantitative estimate of drug-likeness (QED) is 0.495. The van der Waals surface area contributed by atoms with Crippen molar-refractivity contribution < 1.29 is 23.2 Å². The van der Waals surface area contributed by atoms with Crippen LogP contribution in [0.4, 0.5) is 5.69 Å². The number of hydrogen-bond donors (Lipinski definition) is 0. The van der Waals surface area contributed by atoms with Gasteiger partial charge in [-0.2, -0.15) is 0 Å². The van der Waals surface area contributed by atoms with Gasteiger partial charge in [0.25, 0.3) is 0 Å². The van der Waals surface area contributed by atoms with Crippen LogP contribution in [-0.2, 0) is 23.2 Å². The van der Waals surface area contributed by atoms with Crippen LogP contribution in [0.3, 0.4) is 0 Å². The second kappa shape index (κ2) is 7.68. The van der Waals surface area contributed by atoms with Crippen LogP contribution in [0, 0.1) is 11.8 Å². The Balaban J connectivity index is 2.05. The van der Waals surface area contributed by atoms with Crippen LogP contribution < -0.4 is 4.90 Å². The Morgan fingerprint density at radius 2 is 1.81 bits per heavy atom. The van der Waals surface area contributed by atoms with E-state index in [4.69, 9.17) is 9.05 Å². The average Bonchev–Trinajstić information content (AvgIpc) is 3.14. The second-order valence-corrected chi connectivity index (χ2v) is 11.3. The summed E-state index contributed by atoms with van der Waals surface area (Å²) in [7, 11) is -3.62. The normalized spacial score (nSPS) is 28.7. The summed E-state index contributed by atoms with van der Waals surface area (Å²) in [6.07, 6.45) is 1.79. The van der Waals surface area contributed by atoms with Crippen LogP contribution in [0.2, 0.25) is 0 Å². The lowest BCUT2D eigenvalue weighted by atomic mass is 9.99. The van der Waals surface area contributed by atoms with Crippen LogP contribution in [0.5, 0.6) is 0 Å². The molecule has 142 valence electrons. The maximum absolute atomic E-state index is 13.6. The molecule has 0 saturated carbocycles. The number of benzene rings is 1. The fourth-order valence-corrected chi connectivity index (χ4v) is 10.1. The van der Waals surface area contributed by atoms with Crippen LogP contribution in [0.25, 0.3) is 0 Å². The molecule has 0 aliphatic carbocycles. The Bertz CT molecular complexity index is 736. The Morgan fingerprint density at radius 1 is 1.19 bits per heavy atom. The molecule has 0 radical (unpaired) electrons. The van der Waals surface area contributed by atoms with Crippen LogP contribution in [0.1, 0.15) is 13.8 Å². The highest BCUT2D eigenvalue weighted by molar-refractivity contribution is 8.25. The average molecular weight is 415 g/mol. The summed E-state index contributed by atoms with van der Waals surface area (Å²) < 4.78 is 23.7. The first-order valence-electron chi connectivity index (χ1n) is 8.47. The summed E-state index contributed by atoms with van der Waals surface area (Å²) in [6.45, 7) is 3.91. The maximum atomic E-state index is 13.6. The van der Waals surface area contributed by atoms with Crippen molar-refractivity contribution in [2.75, 3.05) is 30.1 Å². The molecule has 2 heterocycles. The molecule has 3 rings (SSSR count). The molecule has 3 atom stereocenters. The van der Waals surface area contributed by atoms with Crippen molar-refractivity contribution >= 4 is 48.6 Å². The molecule has 2 fully saturated rings. The van der Waals surface area contributed by atoms with Gasteiger partial charge < -0.3 is 9.05 Å². The lowest BCUT2D eigenvalue weighted by Gasteiger charge is -2.36. The molecule has 2 aliphatic heterocycles. The number of fused-ring (bicyclic) bond motifs is 1. The van der Waals surface area contributed by atoms with Crippen molar-refractivity contribution in [2.24, 2.45) is 11.8 Å². The number of rotatable bonds is 7. The predicted octanol–water partition coefficient (Wildman–Crippen LogP) is 3.82. The molecular weight excluding hydrogens is 393 g/mol. The Labute approximate surface area is 161 Å². The van der Waals surface area contributed by atoms with Crippen molar-refractivity contribution in [2.45, 2.75) is 17.7 Å². The zero-order valence-corrected chi connectivity index (χ0v) is 17.4. The standard InChI is InChI=1S/C17H22NO5PS2/c1-4-22-24(21,23-5-2)17(25-3)14-13(11-26-17)15(19)18(16(14)20)12-9-7-6-8-10-12/h6-10,13-14H,4-5,11H2,1-3H3/t13-,14+,17-/m1/s1. The molecule has 0 aromatic heterocycles. The van der Waals surface area contributed by atoms with Crippen LogP contribution in [-0.4, -0.2) is 40.9 Å². The minimum absolute atomic E-state index is 0.210. The number of para-hydroxylation sites is 1. The minimum atomic E-state index is -3.62. The van der Waals surface area contributed by atoms with Gasteiger partial charge in [0.2, 0.25) is 11.8 Å². The number of hydrogen-bond acceptors (Lipinski definition) is 7. The molecule has 0 spiro atoms. The van der Waals surface area contributed by atoms with Gasteiger partial charge >= 0.3 is 7.60 Å². The van der Waals surface area contributed by atoms with E-state index in [1.807, 2.05) is 6.07 Å². The van der Waals surface area contributed by atoms with E-state index in [1.165, 1.54) is 28.4 Å². The summed E-state index contributed by atoms with van der Waals surface area (Å²) in [4.78, 5) is 27.5. The molecule has 0 unspecified atom stereocenters. The van der Waals surface area contributed by atoms with Gasteiger partial charge in [0.05, 0.1) is 30.7 Å². The summed E-state index contributed by atoms with van der Waals surface area (Å²) in [5.41, 5.74) is 0.541. The summed E-state index contributed by atoms with van der Waals surface area (Å²) in [5, 5.41) is 0. The Morgan fingerprint density at radius 3 is 2.35 bits per heavy atom. The maximum Gasteiger partial charge on any atom is 0.357 e.